The van der Waals surface area contributed by atoms with E-state index in [1.165, 1.54) is 17.9 Å². The molecule has 3 heterocycles. The average molecular weight is 452 g/mol. The van der Waals surface area contributed by atoms with Gasteiger partial charge in [-0.05, 0) is 43.8 Å². The minimum atomic E-state index is -0.125. The van der Waals surface area contributed by atoms with Crippen molar-refractivity contribution in [1.29, 1.82) is 0 Å². The van der Waals surface area contributed by atoms with Crippen LogP contribution in [0.25, 0.3) is 0 Å². The molecule has 7 nitrogen and oxygen atoms in total. The van der Waals surface area contributed by atoms with Crippen LogP contribution in [0.4, 0.5) is 10.7 Å². The lowest BCUT2D eigenvalue weighted by Crippen LogP contribution is -2.31. The lowest BCUT2D eigenvalue weighted by atomic mass is 10.00. The molecule has 1 aliphatic heterocycles. The van der Waals surface area contributed by atoms with E-state index in [2.05, 4.69) is 29.5 Å². The smallest absolute Gasteiger partial charge is 0.221 e. The second kappa shape index (κ2) is 8.44. The number of hydrazone groups is 1. The Kier molecular flexibility index (Phi) is 5.71. The molecule has 0 atom stereocenters. The van der Waals surface area contributed by atoms with Gasteiger partial charge in [0.25, 0.3) is 0 Å². The predicted octanol–water partition coefficient (Wildman–Crippen LogP) is 3.98. The fourth-order valence-electron chi connectivity index (χ4n) is 3.34. The molecule has 9 heteroatoms. The van der Waals surface area contributed by atoms with Crippen molar-refractivity contribution in [2.24, 2.45) is 5.10 Å². The zero-order valence-corrected chi connectivity index (χ0v) is 18.9. The quantitative estimate of drug-likeness (QED) is 0.522. The number of aryl methyl sites for hydroxylation is 1. The highest BCUT2D eigenvalue weighted by Crippen LogP contribution is 2.36. The molecule has 3 aromatic rings. The van der Waals surface area contributed by atoms with Gasteiger partial charge in [0.2, 0.25) is 5.91 Å². The molecular weight excluding hydrogens is 430 g/mol. The summed E-state index contributed by atoms with van der Waals surface area (Å²) in [6.07, 6.45) is 3.26. The number of pyridine rings is 1. The molecule has 0 unspecified atom stereocenters. The number of thiophene rings is 1. The Balaban J connectivity index is 1.81. The van der Waals surface area contributed by atoms with Gasteiger partial charge in [-0.3, -0.25) is 9.59 Å². The molecule has 0 spiro atoms. The largest absolute Gasteiger partial charge is 0.367 e. The van der Waals surface area contributed by atoms with E-state index in [1.54, 1.807) is 28.7 Å². The summed E-state index contributed by atoms with van der Waals surface area (Å²) >= 11 is 7.24. The van der Waals surface area contributed by atoms with Crippen LogP contribution in [0.15, 0.2) is 52.6 Å². The van der Waals surface area contributed by atoms with Crippen molar-refractivity contribution in [1.82, 2.24) is 9.99 Å². The van der Waals surface area contributed by atoms with Gasteiger partial charge in [-0.1, -0.05) is 12.1 Å². The molecule has 3 N–H and O–H groups in total. The monoisotopic (exact) mass is 451 g/mol. The van der Waals surface area contributed by atoms with E-state index < -0.39 is 0 Å². The van der Waals surface area contributed by atoms with Crippen LogP contribution in [0.1, 0.15) is 34.1 Å². The Morgan fingerprint density at radius 2 is 1.97 bits per heavy atom. The first-order chi connectivity index (χ1) is 14.8. The highest BCUT2D eigenvalue weighted by molar-refractivity contribution is 7.80. The summed E-state index contributed by atoms with van der Waals surface area (Å²) in [4.78, 5) is 27.7. The van der Waals surface area contributed by atoms with Crippen molar-refractivity contribution in [3.8, 4) is 0 Å². The number of carbonyl (C=O) groups excluding carboxylic acids is 1. The molecule has 2 aromatic heterocycles. The second-order valence-corrected chi connectivity index (χ2v) is 8.83. The number of carbonyl (C=O) groups is 1. The van der Waals surface area contributed by atoms with E-state index in [4.69, 9.17) is 17.3 Å². The summed E-state index contributed by atoms with van der Waals surface area (Å²) in [5, 5.41) is 14.0. The lowest BCUT2D eigenvalue weighted by molar-refractivity contribution is -0.114. The number of aromatic nitrogens is 1. The first-order valence-electron chi connectivity index (χ1n) is 9.65. The molecule has 1 aromatic carbocycles. The summed E-state index contributed by atoms with van der Waals surface area (Å²) < 4.78 is 0. The lowest BCUT2D eigenvalue weighted by Gasteiger charge is -2.19. The molecule has 0 radical (unpaired) electrons. The molecule has 1 amide bonds. The van der Waals surface area contributed by atoms with Crippen LogP contribution in [-0.2, 0) is 11.3 Å². The van der Waals surface area contributed by atoms with Gasteiger partial charge in [0.05, 0.1) is 6.54 Å². The number of amides is 1. The molecular formula is C22H21N5O2S2. The van der Waals surface area contributed by atoms with E-state index in [9.17, 15) is 9.59 Å². The number of thiocarbonyl (C=S) groups is 1. The number of anilines is 2. The Morgan fingerprint density at radius 3 is 2.65 bits per heavy atom. The molecule has 0 saturated heterocycles. The maximum atomic E-state index is 12.2. The van der Waals surface area contributed by atoms with Crippen molar-refractivity contribution in [2.75, 3.05) is 10.6 Å². The van der Waals surface area contributed by atoms with Gasteiger partial charge in [-0.25, -0.2) is 5.01 Å². The van der Waals surface area contributed by atoms with Gasteiger partial charge in [-0.2, -0.15) is 5.10 Å². The minimum absolute atomic E-state index is 0.0796. The molecule has 4 rings (SSSR count). The number of fused-ring (bicyclic) bond motifs is 1. The van der Waals surface area contributed by atoms with Gasteiger partial charge < -0.3 is 15.6 Å². The predicted molar refractivity (Wildman–Crippen MR) is 129 cm³/mol. The van der Waals surface area contributed by atoms with E-state index in [0.29, 0.717) is 16.4 Å². The van der Waals surface area contributed by atoms with E-state index in [-0.39, 0.29) is 17.9 Å². The number of aromatic amines is 1. The van der Waals surface area contributed by atoms with E-state index in [1.807, 2.05) is 24.3 Å². The normalized spacial score (nSPS) is 13.2. The minimum Gasteiger partial charge on any atom is -0.367 e. The number of H-pyrrole nitrogens is 1. The summed E-state index contributed by atoms with van der Waals surface area (Å²) in [5.41, 5.74) is 4.95. The molecule has 0 saturated carbocycles. The van der Waals surface area contributed by atoms with Gasteiger partial charge in [-0.15, -0.1) is 11.3 Å². The van der Waals surface area contributed by atoms with Crippen LogP contribution < -0.4 is 16.1 Å². The molecule has 0 fully saturated rings. The third kappa shape index (κ3) is 4.28. The number of hydrogen-bond acceptors (Lipinski definition) is 5. The maximum Gasteiger partial charge on any atom is 0.221 e. The number of benzene rings is 1. The van der Waals surface area contributed by atoms with E-state index >= 15 is 0 Å². The molecule has 1 aliphatic rings. The molecule has 158 valence electrons. The third-order valence-corrected chi connectivity index (χ3v) is 6.44. The highest BCUT2D eigenvalue weighted by atomic mass is 32.1. The zero-order chi connectivity index (χ0) is 22.1. The molecule has 0 bridgehead atoms. The van der Waals surface area contributed by atoms with Gasteiger partial charge in [0.15, 0.2) is 10.5 Å². The fraction of sp³-hybridized carbons (Fsp3) is 0.182. The van der Waals surface area contributed by atoms with Crippen molar-refractivity contribution in [3.05, 3.63) is 80.1 Å². The number of rotatable bonds is 4. The zero-order valence-electron chi connectivity index (χ0n) is 17.3. The van der Waals surface area contributed by atoms with E-state index in [0.717, 1.165) is 27.4 Å². The van der Waals surface area contributed by atoms with Gasteiger partial charge in [0.1, 0.15) is 10.7 Å². The Labute approximate surface area is 188 Å². The second-order valence-electron chi connectivity index (χ2n) is 7.22. The van der Waals surface area contributed by atoms with Crippen LogP contribution in [0.3, 0.4) is 0 Å². The van der Waals surface area contributed by atoms with Crippen LogP contribution in [0, 0.1) is 13.8 Å². The maximum absolute atomic E-state index is 12.2. The van der Waals surface area contributed by atoms with Crippen LogP contribution >= 0.6 is 23.6 Å². The number of nitrogens with zero attached hydrogens (tertiary/aromatic N) is 2. The highest BCUT2D eigenvalue weighted by Gasteiger charge is 2.26. The summed E-state index contributed by atoms with van der Waals surface area (Å²) in [7, 11) is 0. The Hall–Kier alpha value is -3.30. The average Bonchev–Trinajstić information content (AvgIpc) is 2.92. The van der Waals surface area contributed by atoms with Crippen molar-refractivity contribution >= 4 is 51.0 Å². The van der Waals surface area contributed by atoms with Gasteiger partial charge in [0, 0.05) is 52.6 Å². The topological polar surface area (TPSA) is 89.6 Å². The van der Waals surface area contributed by atoms with Crippen molar-refractivity contribution < 1.29 is 4.79 Å². The Bertz CT molecular complexity index is 1260. The first-order valence-corrected chi connectivity index (χ1v) is 10.9. The van der Waals surface area contributed by atoms with Gasteiger partial charge >= 0.3 is 0 Å². The summed E-state index contributed by atoms with van der Waals surface area (Å²) in [6.45, 7) is 5.84. The first kappa shape index (κ1) is 21.0. The fourth-order valence-corrected chi connectivity index (χ4v) is 4.67. The van der Waals surface area contributed by atoms with Crippen molar-refractivity contribution in [2.45, 2.75) is 27.3 Å². The molecule has 0 aliphatic carbocycles. The standard InChI is InChI=1S/C22H21N5O2S2/c1-12-13(2)31-21-19(12)20(15-4-6-17(7-5-15)24-14(3)28)26-27(22(30)25-21)11-16-10-23-9-8-18(16)29/h4-10H,11H2,1-3H3,(H,23,29)(H,24,28)(H,25,30). The summed E-state index contributed by atoms with van der Waals surface area (Å²) in [5.74, 6) is -0.125. The Morgan fingerprint density at radius 1 is 1.23 bits per heavy atom. The molecule has 31 heavy (non-hydrogen) atoms. The SMILES string of the molecule is CC(=O)Nc1ccc(C2=NN(Cc3c[nH]ccc3=O)C(=S)Nc3sc(C)c(C)c32)cc1. The third-order valence-electron chi connectivity index (χ3n) is 5.00. The van der Waals surface area contributed by atoms with Crippen LogP contribution in [0.5, 0.6) is 0 Å². The van der Waals surface area contributed by atoms with Crippen molar-refractivity contribution in [3.63, 3.8) is 0 Å². The number of hydrogen-bond donors (Lipinski definition) is 3. The number of nitrogens with one attached hydrogen (secondary N) is 3. The summed E-state index contributed by atoms with van der Waals surface area (Å²) in [6, 6.07) is 9.01. The van der Waals surface area contributed by atoms with Crippen LogP contribution in [-0.4, -0.2) is 26.7 Å². The van der Waals surface area contributed by atoms with Crippen LogP contribution in [0.2, 0.25) is 0 Å².